The molecule has 0 bridgehead atoms. The number of amides is 1. The highest BCUT2D eigenvalue weighted by Crippen LogP contribution is 2.28. The smallest absolute Gasteiger partial charge is 0.274 e. The number of methoxy groups -OCH3 is 1. The highest BCUT2D eigenvalue weighted by atomic mass is 35.5. The lowest BCUT2D eigenvalue weighted by molar-refractivity contribution is -0.116. The van der Waals surface area contributed by atoms with Crippen LogP contribution in [0.1, 0.15) is 0 Å². The second-order valence-corrected chi connectivity index (χ2v) is 7.20. The van der Waals surface area contributed by atoms with E-state index in [4.69, 9.17) is 32.5 Å². The standard InChI is InChI=1S/C21H16Cl2N4O3/c1-29-18-8-7-15(11-16(18)23)24-19(28)12-27-9-3-6-17(27)21-25-20(26-30-21)13-4-2-5-14(22)10-13/h2-11H,12H2,1H3,(H,24,28). The van der Waals surface area contributed by atoms with E-state index >= 15 is 0 Å². The van der Waals surface area contributed by atoms with Crippen LogP contribution in [-0.4, -0.2) is 27.7 Å². The molecule has 4 rings (SSSR count). The van der Waals surface area contributed by atoms with Crippen LogP contribution >= 0.6 is 23.2 Å². The molecule has 2 aromatic heterocycles. The maximum atomic E-state index is 12.5. The molecule has 152 valence electrons. The predicted molar refractivity (Wildman–Crippen MR) is 115 cm³/mol. The van der Waals surface area contributed by atoms with Gasteiger partial charge in [-0.3, -0.25) is 4.79 Å². The van der Waals surface area contributed by atoms with Gasteiger partial charge < -0.3 is 19.1 Å². The number of aromatic nitrogens is 3. The monoisotopic (exact) mass is 442 g/mol. The first-order chi connectivity index (χ1) is 14.5. The van der Waals surface area contributed by atoms with Gasteiger partial charge in [0.15, 0.2) is 0 Å². The minimum absolute atomic E-state index is 0.0564. The fourth-order valence-electron chi connectivity index (χ4n) is 2.92. The van der Waals surface area contributed by atoms with Crippen molar-refractivity contribution in [1.29, 1.82) is 0 Å². The Labute approximate surface area is 182 Å². The van der Waals surface area contributed by atoms with Crippen molar-refractivity contribution >= 4 is 34.8 Å². The predicted octanol–water partition coefficient (Wildman–Crippen LogP) is 5.16. The van der Waals surface area contributed by atoms with Crippen molar-refractivity contribution in [2.24, 2.45) is 0 Å². The van der Waals surface area contributed by atoms with Crippen LogP contribution in [0, 0.1) is 0 Å². The van der Waals surface area contributed by atoms with E-state index in [0.29, 0.717) is 38.9 Å². The van der Waals surface area contributed by atoms with Crippen LogP contribution in [-0.2, 0) is 11.3 Å². The van der Waals surface area contributed by atoms with Gasteiger partial charge in [0.05, 0.1) is 12.1 Å². The molecule has 0 radical (unpaired) electrons. The molecule has 0 fully saturated rings. The zero-order valence-electron chi connectivity index (χ0n) is 15.8. The Bertz CT molecular complexity index is 1200. The molecule has 0 aliphatic rings. The lowest BCUT2D eigenvalue weighted by Crippen LogP contribution is -2.18. The fourth-order valence-corrected chi connectivity index (χ4v) is 3.37. The van der Waals surface area contributed by atoms with Crippen LogP contribution in [0.15, 0.2) is 65.3 Å². The van der Waals surface area contributed by atoms with Gasteiger partial charge in [0.25, 0.3) is 5.89 Å². The van der Waals surface area contributed by atoms with Gasteiger partial charge in [-0.1, -0.05) is 40.5 Å². The largest absolute Gasteiger partial charge is 0.495 e. The zero-order valence-corrected chi connectivity index (χ0v) is 17.3. The van der Waals surface area contributed by atoms with Crippen LogP contribution in [0.4, 0.5) is 5.69 Å². The average Bonchev–Trinajstić information content (AvgIpc) is 3.37. The van der Waals surface area contributed by atoms with Crippen LogP contribution in [0.25, 0.3) is 23.0 Å². The lowest BCUT2D eigenvalue weighted by atomic mass is 10.2. The second kappa shape index (κ2) is 8.61. The lowest BCUT2D eigenvalue weighted by Gasteiger charge is -2.09. The third-order valence-electron chi connectivity index (χ3n) is 4.31. The second-order valence-electron chi connectivity index (χ2n) is 6.35. The molecule has 2 heterocycles. The van der Waals surface area contributed by atoms with Gasteiger partial charge in [-0.15, -0.1) is 0 Å². The number of hydrogen-bond acceptors (Lipinski definition) is 5. The van der Waals surface area contributed by atoms with E-state index in [1.165, 1.54) is 7.11 Å². The zero-order chi connectivity index (χ0) is 21.1. The normalized spacial score (nSPS) is 10.8. The van der Waals surface area contributed by atoms with E-state index in [9.17, 15) is 4.79 Å². The number of nitrogens with zero attached hydrogens (tertiary/aromatic N) is 3. The van der Waals surface area contributed by atoms with Gasteiger partial charge in [0.1, 0.15) is 18.0 Å². The average molecular weight is 443 g/mol. The number of benzene rings is 2. The molecule has 0 unspecified atom stereocenters. The first-order valence-corrected chi connectivity index (χ1v) is 9.67. The quantitative estimate of drug-likeness (QED) is 0.445. The van der Waals surface area contributed by atoms with E-state index in [-0.39, 0.29) is 12.5 Å². The first kappa shape index (κ1) is 20.0. The molecule has 9 heteroatoms. The molecular formula is C21H16Cl2N4O3. The minimum Gasteiger partial charge on any atom is -0.495 e. The van der Waals surface area contributed by atoms with Crippen LogP contribution in [0.5, 0.6) is 5.75 Å². The highest BCUT2D eigenvalue weighted by molar-refractivity contribution is 6.32. The maximum Gasteiger partial charge on any atom is 0.274 e. The summed E-state index contributed by atoms with van der Waals surface area (Å²) in [7, 11) is 1.53. The molecule has 0 saturated carbocycles. The van der Waals surface area contributed by atoms with Crippen LogP contribution in [0.3, 0.4) is 0 Å². The Morgan fingerprint density at radius 3 is 2.80 bits per heavy atom. The Balaban J connectivity index is 1.50. The molecule has 2 aromatic carbocycles. The summed E-state index contributed by atoms with van der Waals surface area (Å²) in [6, 6.07) is 15.8. The summed E-state index contributed by atoms with van der Waals surface area (Å²) in [5.41, 5.74) is 1.93. The van der Waals surface area contributed by atoms with Crippen LogP contribution < -0.4 is 10.1 Å². The fraction of sp³-hybridized carbons (Fsp3) is 0.0952. The van der Waals surface area contributed by atoms with E-state index in [1.54, 1.807) is 53.2 Å². The molecule has 0 spiro atoms. The number of rotatable bonds is 6. The van der Waals surface area contributed by atoms with Crippen molar-refractivity contribution in [1.82, 2.24) is 14.7 Å². The van der Waals surface area contributed by atoms with Gasteiger partial charge in [-0.2, -0.15) is 4.98 Å². The van der Waals surface area contributed by atoms with Crippen LogP contribution in [0.2, 0.25) is 10.0 Å². The van der Waals surface area contributed by atoms with Crippen molar-refractivity contribution in [3.8, 4) is 28.7 Å². The number of anilines is 1. The molecule has 1 amide bonds. The maximum absolute atomic E-state index is 12.5. The topological polar surface area (TPSA) is 82.2 Å². The molecule has 4 aromatic rings. The van der Waals surface area contributed by atoms with Gasteiger partial charge in [0, 0.05) is 22.5 Å². The molecule has 7 nitrogen and oxygen atoms in total. The van der Waals surface area contributed by atoms with E-state index in [0.717, 1.165) is 5.56 Å². The van der Waals surface area contributed by atoms with Gasteiger partial charge >= 0.3 is 0 Å². The Morgan fingerprint density at radius 2 is 2.03 bits per heavy atom. The molecule has 0 aliphatic carbocycles. The molecular weight excluding hydrogens is 427 g/mol. The van der Waals surface area contributed by atoms with Crippen molar-refractivity contribution in [3.05, 3.63) is 70.8 Å². The number of carbonyl (C=O) groups excluding carboxylic acids is 1. The molecule has 0 aliphatic heterocycles. The first-order valence-electron chi connectivity index (χ1n) is 8.92. The minimum atomic E-state index is -0.233. The summed E-state index contributed by atoms with van der Waals surface area (Å²) in [6.45, 7) is 0.0564. The summed E-state index contributed by atoms with van der Waals surface area (Å²) in [5, 5.41) is 7.81. The summed E-state index contributed by atoms with van der Waals surface area (Å²) in [5.74, 6) is 1.02. The molecule has 30 heavy (non-hydrogen) atoms. The summed E-state index contributed by atoms with van der Waals surface area (Å²) in [6.07, 6.45) is 1.76. The highest BCUT2D eigenvalue weighted by Gasteiger charge is 2.16. The summed E-state index contributed by atoms with van der Waals surface area (Å²) >= 11 is 12.1. The van der Waals surface area contributed by atoms with Gasteiger partial charge in [-0.25, -0.2) is 0 Å². The van der Waals surface area contributed by atoms with Crippen molar-refractivity contribution in [2.45, 2.75) is 6.54 Å². The summed E-state index contributed by atoms with van der Waals surface area (Å²) in [4.78, 5) is 16.9. The number of ether oxygens (including phenoxy) is 1. The molecule has 0 atom stereocenters. The Morgan fingerprint density at radius 1 is 1.17 bits per heavy atom. The van der Waals surface area contributed by atoms with Gasteiger partial charge in [-0.05, 0) is 42.5 Å². The summed E-state index contributed by atoms with van der Waals surface area (Å²) < 4.78 is 12.2. The van der Waals surface area contributed by atoms with E-state index < -0.39 is 0 Å². The van der Waals surface area contributed by atoms with E-state index in [1.807, 2.05) is 12.1 Å². The van der Waals surface area contributed by atoms with Crippen molar-refractivity contribution in [2.75, 3.05) is 12.4 Å². The number of halogens is 2. The van der Waals surface area contributed by atoms with E-state index in [2.05, 4.69) is 15.5 Å². The van der Waals surface area contributed by atoms with Gasteiger partial charge in [0.2, 0.25) is 11.7 Å². The third-order valence-corrected chi connectivity index (χ3v) is 4.84. The SMILES string of the molecule is COc1ccc(NC(=O)Cn2cccc2-c2nc(-c3cccc(Cl)c3)no2)cc1Cl. The Hall–Kier alpha value is -3.29. The van der Waals surface area contributed by atoms with Crippen molar-refractivity contribution < 1.29 is 14.1 Å². The number of carbonyl (C=O) groups is 1. The molecule has 1 N–H and O–H groups in total. The van der Waals surface area contributed by atoms with Crippen molar-refractivity contribution in [3.63, 3.8) is 0 Å². The number of nitrogens with one attached hydrogen (secondary N) is 1. The molecule has 0 saturated heterocycles. The third kappa shape index (κ3) is 4.32. The Kier molecular flexibility index (Phi) is 5.74. The number of hydrogen-bond donors (Lipinski definition) is 1.